The van der Waals surface area contributed by atoms with E-state index in [0.717, 1.165) is 19.1 Å². The molecule has 1 aromatic carbocycles. The zero-order chi connectivity index (χ0) is 16.8. The van der Waals surface area contributed by atoms with E-state index in [-0.39, 0.29) is 26.9 Å². The Morgan fingerprint density at radius 3 is 2.65 bits per heavy atom. The lowest BCUT2D eigenvalue weighted by Gasteiger charge is -2.12. The van der Waals surface area contributed by atoms with Crippen LogP contribution in [0.3, 0.4) is 0 Å². The van der Waals surface area contributed by atoms with E-state index in [4.69, 9.17) is 20.9 Å². The van der Waals surface area contributed by atoms with Gasteiger partial charge in [0.05, 0.1) is 17.7 Å². The maximum Gasteiger partial charge on any atom is 0.218 e. The summed E-state index contributed by atoms with van der Waals surface area (Å²) in [5, 5.41) is 3.78. The predicted molar refractivity (Wildman–Crippen MR) is 83.0 cm³/mol. The number of aromatic nitrogens is 1. The van der Waals surface area contributed by atoms with Gasteiger partial charge in [-0.2, -0.15) is 0 Å². The summed E-state index contributed by atoms with van der Waals surface area (Å²) >= 11 is 5.96. The maximum absolute atomic E-state index is 12.6. The van der Waals surface area contributed by atoms with E-state index in [9.17, 15) is 13.2 Å². The van der Waals surface area contributed by atoms with Crippen molar-refractivity contribution in [3.63, 3.8) is 0 Å². The average molecular weight is 356 g/mol. The van der Waals surface area contributed by atoms with Gasteiger partial charge in [0.1, 0.15) is 16.4 Å². The van der Waals surface area contributed by atoms with Crippen molar-refractivity contribution in [1.29, 1.82) is 0 Å². The SMILES string of the molecule is COc1c(C(=O)c2cc(C3CC3)on2)ccc(Cl)c1S(C)(=O)=O. The summed E-state index contributed by atoms with van der Waals surface area (Å²) in [6.07, 6.45) is 3.04. The molecule has 0 spiro atoms. The monoisotopic (exact) mass is 355 g/mol. The Morgan fingerprint density at radius 2 is 2.09 bits per heavy atom. The quantitative estimate of drug-likeness (QED) is 0.766. The zero-order valence-electron chi connectivity index (χ0n) is 12.5. The molecule has 0 bridgehead atoms. The third-order valence-electron chi connectivity index (χ3n) is 3.62. The van der Waals surface area contributed by atoms with Crippen LogP contribution in [0.15, 0.2) is 27.6 Å². The lowest BCUT2D eigenvalue weighted by Crippen LogP contribution is -2.09. The summed E-state index contributed by atoms with van der Waals surface area (Å²) < 4.78 is 34.2. The van der Waals surface area contributed by atoms with Gasteiger partial charge in [-0.25, -0.2) is 8.42 Å². The number of carbonyl (C=O) groups is 1. The molecule has 0 aliphatic heterocycles. The molecule has 3 rings (SSSR count). The van der Waals surface area contributed by atoms with Gasteiger partial charge in [-0.05, 0) is 25.0 Å². The van der Waals surface area contributed by atoms with Gasteiger partial charge in [-0.1, -0.05) is 16.8 Å². The minimum absolute atomic E-state index is 0.000257. The van der Waals surface area contributed by atoms with Gasteiger partial charge in [-0.15, -0.1) is 0 Å². The summed E-state index contributed by atoms with van der Waals surface area (Å²) in [5.74, 6) is 0.437. The van der Waals surface area contributed by atoms with Crippen molar-refractivity contribution >= 4 is 27.2 Å². The molecule has 1 saturated carbocycles. The number of hydrogen-bond acceptors (Lipinski definition) is 6. The third-order valence-corrected chi connectivity index (χ3v) is 5.20. The summed E-state index contributed by atoms with van der Waals surface area (Å²) in [5.41, 5.74) is 0.194. The first-order valence-corrected chi connectivity index (χ1v) is 9.17. The fourth-order valence-electron chi connectivity index (χ4n) is 2.36. The standard InChI is InChI=1S/C15H14ClNO5S/c1-21-14-9(5-6-10(16)15(14)23(2,19)20)13(18)11-7-12(22-17-11)8-3-4-8/h5-8H,3-4H2,1-2H3. The smallest absolute Gasteiger partial charge is 0.218 e. The maximum atomic E-state index is 12.6. The van der Waals surface area contributed by atoms with Crippen molar-refractivity contribution in [1.82, 2.24) is 5.16 Å². The van der Waals surface area contributed by atoms with Gasteiger partial charge in [0.25, 0.3) is 0 Å². The number of sulfone groups is 1. The number of benzene rings is 1. The Bertz CT molecular complexity index is 883. The molecule has 2 aromatic rings. The van der Waals surface area contributed by atoms with Crippen molar-refractivity contribution in [2.24, 2.45) is 0 Å². The van der Waals surface area contributed by atoms with E-state index >= 15 is 0 Å². The van der Waals surface area contributed by atoms with E-state index in [1.165, 1.54) is 19.2 Å². The van der Waals surface area contributed by atoms with Gasteiger partial charge in [-0.3, -0.25) is 4.79 Å². The average Bonchev–Trinajstić information content (AvgIpc) is 3.22. The van der Waals surface area contributed by atoms with Gasteiger partial charge >= 0.3 is 0 Å². The molecule has 122 valence electrons. The van der Waals surface area contributed by atoms with E-state index in [1.807, 2.05) is 0 Å². The summed E-state index contributed by atoms with van der Waals surface area (Å²) in [6.45, 7) is 0. The van der Waals surface area contributed by atoms with Crippen LogP contribution in [-0.2, 0) is 9.84 Å². The summed E-state index contributed by atoms with van der Waals surface area (Å²) in [4.78, 5) is 12.4. The largest absolute Gasteiger partial charge is 0.495 e. The topological polar surface area (TPSA) is 86.5 Å². The van der Waals surface area contributed by atoms with Crippen LogP contribution in [0.4, 0.5) is 0 Å². The predicted octanol–water partition coefficient (Wildman–Crippen LogP) is 2.85. The first kappa shape index (κ1) is 16.0. The van der Waals surface area contributed by atoms with Gasteiger partial charge < -0.3 is 9.26 Å². The Kier molecular flexibility index (Phi) is 3.93. The lowest BCUT2D eigenvalue weighted by molar-refractivity contribution is 0.102. The van der Waals surface area contributed by atoms with Crippen LogP contribution in [0.1, 0.15) is 40.6 Å². The van der Waals surface area contributed by atoms with Crippen molar-refractivity contribution in [3.8, 4) is 5.75 Å². The van der Waals surface area contributed by atoms with Gasteiger partial charge in [0, 0.05) is 18.2 Å². The molecule has 0 saturated heterocycles. The molecule has 1 fully saturated rings. The van der Waals surface area contributed by atoms with Crippen molar-refractivity contribution < 1.29 is 22.5 Å². The molecular weight excluding hydrogens is 342 g/mol. The molecule has 1 aromatic heterocycles. The summed E-state index contributed by atoms with van der Waals surface area (Å²) in [7, 11) is -2.38. The highest BCUT2D eigenvalue weighted by atomic mass is 35.5. The Morgan fingerprint density at radius 1 is 1.39 bits per heavy atom. The number of nitrogens with zero attached hydrogens (tertiary/aromatic N) is 1. The van der Waals surface area contributed by atoms with Crippen LogP contribution >= 0.6 is 11.6 Å². The molecule has 1 heterocycles. The van der Waals surface area contributed by atoms with Crippen molar-refractivity contribution in [2.75, 3.05) is 13.4 Å². The minimum atomic E-state index is -3.67. The van der Waals surface area contributed by atoms with Gasteiger partial charge in [0.2, 0.25) is 5.78 Å². The van der Waals surface area contributed by atoms with Crippen LogP contribution < -0.4 is 4.74 Å². The first-order chi connectivity index (χ1) is 10.8. The molecule has 0 amide bonds. The highest BCUT2D eigenvalue weighted by Crippen LogP contribution is 2.41. The fourth-order valence-corrected chi connectivity index (χ4v) is 3.88. The first-order valence-electron chi connectivity index (χ1n) is 6.90. The molecule has 0 atom stereocenters. The van der Waals surface area contributed by atoms with Crippen LogP contribution in [0.2, 0.25) is 5.02 Å². The second kappa shape index (κ2) is 5.65. The highest BCUT2D eigenvalue weighted by Gasteiger charge is 2.31. The third kappa shape index (κ3) is 2.98. The van der Waals surface area contributed by atoms with Crippen LogP contribution in [-0.4, -0.2) is 32.7 Å². The Balaban J connectivity index is 2.09. The van der Waals surface area contributed by atoms with E-state index in [2.05, 4.69) is 5.16 Å². The van der Waals surface area contributed by atoms with E-state index < -0.39 is 15.6 Å². The number of hydrogen-bond donors (Lipinski definition) is 0. The second-order valence-electron chi connectivity index (χ2n) is 5.45. The molecule has 23 heavy (non-hydrogen) atoms. The van der Waals surface area contributed by atoms with Crippen LogP contribution in [0, 0.1) is 0 Å². The molecule has 0 unspecified atom stereocenters. The van der Waals surface area contributed by atoms with Crippen molar-refractivity contribution in [2.45, 2.75) is 23.7 Å². The van der Waals surface area contributed by atoms with Gasteiger partial charge in [0.15, 0.2) is 15.5 Å². The van der Waals surface area contributed by atoms with Crippen LogP contribution in [0.25, 0.3) is 0 Å². The normalized spacial score (nSPS) is 14.7. The molecule has 0 N–H and O–H groups in total. The number of rotatable bonds is 5. The summed E-state index contributed by atoms with van der Waals surface area (Å²) in [6, 6.07) is 4.37. The fraction of sp³-hybridized carbons (Fsp3) is 0.333. The lowest BCUT2D eigenvalue weighted by atomic mass is 10.1. The Labute approximate surface area is 138 Å². The second-order valence-corrected chi connectivity index (χ2v) is 7.81. The minimum Gasteiger partial charge on any atom is -0.495 e. The molecule has 0 radical (unpaired) electrons. The van der Waals surface area contributed by atoms with Crippen LogP contribution in [0.5, 0.6) is 5.75 Å². The van der Waals surface area contributed by atoms with E-state index in [1.54, 1.807) is 6.07 Å². The molecule has 1 aliphatic carbocycles. The molecule has 6 nitrogen and oxygen atoms in total. The highest BCUT2D eigenvalue weighted by molar-refractivity contribution is 7.91. The number of ketones is 1. The zero-order valence-corrected chi connectivity index (χ0v) is 14.1. The number of ether oxygens (including phenoxy) is 1. The van der Waals surface area contributed by atoms with Crippen molar-refractivity contribution in [3.05, 3.63) is 40.2 Å². The number of carbonyl (C=O) groups excluding carboxylic acids is 1. The molecular formula is C15H14ClNO5S. The Hall–Kier alpha value is -1.86. The molecule has 8 heteroatoms. The number of halogens is 1. The molecule has 1 aliphatic rings. The van der Waals surface area contributed by atoms with E-state index in [0.29, 0.717) is 11.7 Å². The number of methoxy groups -OCH3 is 1.